The Labute approximate surface area is 93.1 Å². The molecule has 1 rings (SSSR count). The molecule has 0 saturated carbocycles. The monoisotopic (exact) mass is 212 g/mol. The largest absolute Gasteiger partial charge is 0.387 e. The Morgan fingerprint density at radius 3 is 2.80 bits per heavy atom. The number of aliphatic imine (C=N–C) groups is 1. The number of amidine groups is 1. The fourth-order valence-corrected chi connectivity index (χ4v) is 1.86. The van der Waals surface area contributed by atoms with Gasteiger partial charge < -0.3 is 10.6 Å². The minimum absolute atomic E-state index is 0.527. The molecule has 1 fully saturated rings. The van der Waals surface area contributed by atoms with Crippen molar-refractivity contribution in [3.63, 3.8) is 0 Å². The first-order chi connectivity index (χ1) is 7.13. The zero-order valence-corrected chi connectivity index (χ0v) is 10.2. The summed E-state index contributed by atoms with van der Waals surface area (Å²) >= 11 is 0. The fourth-order valence-electron chi connectivity index (χ4n) is 1.86. The lowest BCUT2D eigenvalue weighted by atomic mass is 10.2. The van der Waals surface area contributed by atoms with Crippen molar-refractivity contribution < 1.29 is 0 Å². The molecule has 15 heavy (non-hydrogen) atoms. The molecule has 1 unspecified atom stereocenters. The molecule has 4 heteroatoms. The van der Waals surface area contributed by atoms with E-state index in [0.29, 0.717) is 6.04 Å². The summed E-state index contributed by atoms with van der Waals surface area (Å²) in [6.45, 7) is 6.35. The van der Waals surface area contributed by atoms with E-state index in [-0.39, 0.29) is 0 Å². The molecule has 1 atom stereocenters. The third-order valence-corrected chi connectivity index (χ3v) is 2.99. The second-order valence-corrected chi connectivity index (χ2v) is 4.48. The molecule has 1 saturated heterocycles. The molecule has 88 valence electrons. The van der Waals surface area contributed by atoms with E-state index < -0.39 is 0 Å². The van der Waals surface area contributed by atoms with E-state index in [2.05, 4.69) is 35.8 Å². The van der Waals surface area contributed by atoms with Crippen molar-refractivity contribution in [2.24, 2.45) is 10.7 Å². The van der Waals surface area contributed by atoms with Crippen LogP contribution in [-0.2, 0) is 0 Å². The SMILES string of the molecule is CCCC(N)=NCC1CN(C)CCN1C. The van der Waals surface area contributed by atoms with Crippen LogP contribution < -0.4 is 5.73 Å². The molecule has 1 aliphatic heterocycles. The Bertz CT molecular complexity index is 215. The van der Waals surface area contributed by atoms with E-state index in [0.717, 1.165) is 44.9 Å². The quantitative estimate of drug-likeness (QED) is 0.541. The van der Waals surface area contributed by atoms with Crippen molar-refractivity contribution in [1.82, 2.24) is 9.80 Å². The molecule has 0 aromatic rings. The van der Waals surface area contributed by atoms with Crippen LogP contribution in [0.4, 0.5) is 0 Å². The van der Waals surface area contributed by atoms with E-state index in [9.17, 15) is 0 Å². The lowest BCUT2D eigenvalue weighted by Crippen LogP contribution is -2.51. The number of nitrogens with two attached hydrogens (primary N) is 1. The summed E-state index contributed by atoms with van der Waals surface area (Å²) in [7, 11) is 4.34. The molecule has 0 amide bonds. The third-order valence-electron chi connectivity index (χ3n) is 2.99. The van der Waals surface area contributed by atoms with Crippen LogP contribution in [0.5, 0.6) is 0 Å². The van der Waals surface area contributed by atoms with Gasteiger partial charge in [-0.1, -0.05) is 6.92 Å². The molecule has 0 aromatic heterocycles. The topological polar surface area (TPSA) is 44.9 Å². The first-order valence-corrected chi connectivity index (χ1v) is 5.81. The minimum atomic E-state index is 0.527. The predicted octanol–water partition coefficient (Wildman–Crippen LogP) is 0.390. The van der Waals surface area contributed by atoms with Gasteiger partial charge in [-0.25, -0.2) is 0 Å². The van der Waals surface area contributed by atoms with E-state index in [1.165, 1.54) is 0 Å². The lowest BCUT2D eigenvalue weighted by Gasteiger charge is -2.36. The highest BCUT2D eigenvalue weighted by atomic mass is 15.3. The van der Waals surface area contributed by atoms with Gasteiger partial charge in [-0.15, -0.1) is 0 Å². The van der Waals surface area contributed by atoms with Crippen LogP contribution in [0.2, 0.25) is 0 Å². The molecular formula is C11H24N4. The summed E-state index contributed by atoms with van der Waals surface area (Å²) in [6.07, 6.45) is 2.00. The molecule has 2 N–H and O–H groups in total. The summed E-state index contributed by atoms with van der Waals surface area (Å²) in [5.41, 5.74) is 5.80. The summed E-state index contributed by atoms with van der Waals surface area (Å²) in [5, 5.41) is 0. The predicted molar refractivity (Wildman–Crippen MR) is 65.3 cm³/mol. The van der Waals surface area contributed by atoms with Gasteiger partial charge in [0.1, 0.15) is 0 Å². The van der Waals surface area contributed by atoms with Crippen molar-refractivity contribution in [2.75, 3.05) is 40.3 Å². The number of likely N-dealkylation sites (N-methyl/N-ethyl adjacent to an activating group) is 2. The van der Waals surface area contributed by atoms with Gasteiger partial charge >= 0.3 is 0 Å². The average Bonchev–Trinajstić information content (AvgIpc) is 2.20. The number of rotatable bonds is 4. The van der Waals surface area contributed by atoms with Crippen LogP contribution in [0, 0.1) is 0 Å². The van der Waals surface area contributed by atoms with Crippen molar-refractivity contribution in [3.8, 4) is 0 Å². The third kappa shape index (κ3) is 4.18. The van der Waals surface area contributed by atoms with Gasteiger partial charge in [0.15, 0.2) is 0 Å². The number of hydrogen-bond acceptors (Lipinski definition) is 3. The van der Waals surface area contributed by atoms with Gasteiger partial charge in [0.25, 0.3) is 0 Å². The highest BCUT2D eigenvalue weighted by molar-refractivity contribution is 5.80. The van der Waals surface area contributed by atoms with Gasteiger partial charge in [0.2, 0.25) is 0 Å². The van der Waals surface area contributed by atoms with Gasteiger partial charge in [0.05, 0.1) is 12.4 Å². The zero-order valence-electron chi connectivity index (χ0n) is 10.2. The second-order valence-electron chi connectivity index (χ2n) is 4.48. The number of nitrogens with zero attached hydrogens (tertiary/aromatic N) is 3. The van der Waals surface area contributed by atoms with Crippen LogP contribution in [0.25, 0.3) is 0 Å². The highest BCUT2D eigenvalue weighted by Gasteiger charge is 2.21. The zero-order chi connectivity index (χ0) is 11.3. The van der Waals surface area contributed by atoms with Gasteiger partial charge in [-0.3, -0.25) is 9.89 Å². The number of hydrogen-bond donors (Lipinski definition) is 1. The summed E-state index contributed by atoms with van der Waals surface area (Å²) in [5.74, 6) is 0.805. The van der Waals surface area contributed by atoms with Crippen LogP contribution in [0.3, 0.4) is 0 Å². The van der Waals surface area contributed by atoms with Crippen LogP contribution in [0.15, 0.2) is 4.99 Å². The van der Waals surface area contributed by atoms with Crippen LogP contribution in [0.1, 0.15) is 19.8 Å². The maximum absolute atomic E-state index is 5.80. The molecule has 4 nitrogen and oxygen atoms in total. The Morgan fingerprint density at radius 1 is 1.40 bits per heavy atom. The summed E-state index contributed by atoms with van der Waals surface area (Å²) in [4.78, 5) is 9.18. The van der Waals surface area contributed by atoms with Gasteiger partial charge in [-0.2, -0.15) is 0 Å². The van der Waals surface area contributed by atoms with Crippen molar-refractivity contribution in [2.45, 2.75) is 25.8 Å². The smallest absolute Gasteiger partial charge is 0.0937 e. The number of piperazine rings is 1. The molecule has 1 heterocycles. The van der Waals surface area contributed by atoms with E-state index in [4.69, 9.17) is 5.73 Å². The van der Waals surface area contributed by atoms with Crippen LogP contribution >= 0.6 is 0 Å². The normalized spacial score (nSPS) is 25.8. The molecule has 1 aliphatic rings. The molecular weight excluding hydrogens is 188 g/mol. The molecule has 0 spiro atoms. The van der Waals surface area contributed by atoms with E-state index in [1.54, 1.807) is 0 Å². The summed E-state index contributed by atoms with van der Waals surface area (Å²) in [6, 6.07) is 0.527. The maximum Gasteiger partial charge on any atom is 0.0937 e. The van der Waals surface area contributed by atoms with Crippen molar-refractivity contribution in [3.05, 3.63) is 0 Å². The molecule has 0 aromatic carbocycles. The van der Waals surface area contributed by atoms with E-state index in [1.807, 2.05) is 0 Å². The summed E-state index contributed by atoms with van der Waals surface area (Å²) < 4.78 is 0. The Kier molecular flexibility index (Phi) is 5.05. The van der Waals surface area contributed by atoms with Crippen molar-refractivity contribution in [1.29, 1.82) is 0 Å². The highest BCUT2D eigenvalue weighted by Crippen LogP contribution is 2.06. The second kappa shape index (κ2) is 6.08. The molecule has 0 aliphatic carbocycles. The fraction of sp³-hybridized carbons (Fsp3) is 0.909. The minimum Gasteiger partial charge on any atom is -0.387 e. The first-order valence-electron chi connectivity index (χ1n) is 5.81. The van der Waals surface area contributed by atoms with Crippen molar-refractivity contribution >= 4 is 5.84 Å². The van der Waals surface area contributed by atoms with Gasteiger partial charge in [0, 0.05) is 32.1 Å². The Morgan fingerprint density at radius 2 is 2.13 bits per heavy atom. The lowest BCUT2D eigenvalue weighted by molar-refractivity contribution is 0.119. The standard InChI is InChI=1S/C11H24N4/c1-4-5-11(12)13-8-10-9-14(2)6-7-15(10)3/h10H,4-9H2,1-3H3,(H2,12,13). The maximum atomic E-state index is 5.80. The Hall–Kier alpha value is -0.610. The van der Waals surface area contributed by atoms with Gasteiger partial charge in [-0.05, 0) is 20.5 Å². The molecule has 0 bridgehead atoms. The Balaban J connectivity index is 2.38. The average molecular weight is 212 g/mol. The molecule has 0 radical (unpaired) electrons. The van der Waals surface area contributed by atoms with E-state index >= 15 is 0 Å². The van der Waals surface area contributed by atoms with Crippen LogP contribution in [-0.4, -0.2) is 62.0 Å². The first kappa shape index (κ1) is 12.5.